The highest BCUT2D eigenvalue weighted by molar-refractivity contribution is 5.86. The molecular weight excluding hydrogens is 336 g/mol. The number of hydrogen-bond acceptors (Lipinski definition) is 9. The Labute approximate surface area is 141 Å². The minimum Gasteiger partial charge on any atom is -0.464 e. The summed E-state index contributed by atoms with van der Waals surface area (Å²) in [6, 6.07) is 5.93. The Hall–Kier alpha value is -2.62. The third-order valence-corrected chi connectivity index (χ3v) is 3.73. The molecule has 3 heterocycles. The molecule has 0 bridgehead atoms. The first kappa shape index (κ1) is 17.2. The first-order valence-corrected chi connectivity index (χ1v) is 7.40. The summed E-state index contributed by atoms with van der Waals surface area (Å²) in [5.41, 5.74) is -2.03. The van der Waals surface area contributed by atoms with Crippen LogP contribution in [-0.4, -0.2) is 46.6 Å². The lowest BCUT2D eigenvalue weighted by Gasteiger charge is -2.26. The summed E-state index contributed by atoms with van der Waals surface area (Å²) in [4.78, 5) is 23.6. The molecule has 9 nitrogen and oxygen atoms in total. The third-order valence-electron chi connectivity index (χ3n) is 3.73. The number of furan rings is 2. The second kappa shape index (κ2) is 6.71. The molecule has 1 fully saturated rings. The van der Waals surface area contributed by atoms with E-state index >= 15 is 0 Å². The van der Waals surface area contributed by atoms with Crippen molar-refractivity contribution >= 4 is 11.9 Å². The lowest BCUT2D eigenvalue weighted by molar-refractivity contribution is -0.199. The molecule has 0 aliphatic carbocycles. The average Bonchev–Trinajstić information content (AvgIpc) is 3.31. The van der Waals surface area contributed by atoms with Gasteiger partial charge in [0, 0.05) is 0 Å². The largest absolute Gasteiger partial charge is 0.464 e. The van der Waals surface area contributed by atoms with Crippen molar-refractivity contribution in [1.29, 1.82) is 0 Å². The van der Waals surface area contributed by atoms with Crippen molar-refractivity contribution in [3.05, 3.63) is 48.3 Å². The first-order valence-electron chi connectivity index (χ1n) is 7.40. The van der Waals surface area contributed by atoms with E-state index in [0.717, 1.165) is 0 Å². The van der Waals surface area contributed by atoms with Crippen molar-refractivity contribution in [2.24, 2.45) is 0 Å². The molecule has 134 valence electrons. The number of carbonyl (C=O) groups is 2. The standard InChI is InChI=1S/C16H16O9/c1-16(20)12(25-14(18)10-5-3-7-22-10)11(24-15(16)19)8-23-13(17)9-4-2-6-21-9/h2-7,11-12,14,18,20H,8H2,1H3/t11-,12-,14?,16-/m1/s1. The lowest BCUT2D eigenvalue weighted by atomic mass is 9.98. The van der Waals surface area contributed by atoms with Crippen LogP contribution in [0.2, 0.25) is 0 Å². The molecule has 0 saturated carbocycles. The minimum atomic E-state index is -2.03. The monoisotopic (exact) mass is 352 g/mol. The van der Waals surface area contributed by atoms with Gasteiger partial charge in [-0.1, -0.05) is 0 Å². The average molecular weight is 352 g/mol. The molecule has 4 atom stereocenters. The summed E-state index contributed by atoms with van der Waals surface area (Å²) < 4.78 is 25.2. The molecule has 1 aliphatic heterocycles. The van der Waals surface area contributed by atoms with Gasteiger partial charge >= 0.3 is 11.9 Å². The SMILES string of the molecule is C[C@]1(O)C(=O)O[C@H](COC(=O)c2ccco2)[C@H]1OC(O)c1ccco1. The van der Waals surface area contributed by atoms with Crippen LogP contribution in [0.25, 0.3) is 0 Å². The zero-order valence-electron chi connectivity index (χ0n) is 13.2. The summed E-state index contributed by atoms with van der Waals surface area (Å²) in [6.45, 7) is 0.792. The van der Waals surface area contributed by atoms with E-state index in [1.807, 2.05) is 0 Å². The van der Waals surface area contributed by atoms with Crippen LogP contribution in [0.3, 0.4) is 0 Å². The fourth-order valence-electron chi connectivity index (χ4n) is 2.40. The van der Waals surface area contributed by atoms with Crippen molar-refractivity contribution in [1.82, 2.24) is 0 Å². The van der Waals surface area contributed by atoms with Gasteiger partial charge in [-0.2, -0.15) is 0 Å². The smallest absolute Gasteiger partial charge is 0.374 e. The summed E-state index contributed by atoms with van der Waals surface area (Å²) in [5, 5.41) is 20.3. The number of esters is 2. The van der Waals surface area contributed by atoms with Gasteiger partial charge in [-0.15, -0.1) is 0 Å². The topological polar surface area (TPSA) is 129 Å². The van der Waals surface area contributed by atoms with E-state index in [2.05, 4.69) is 0 Å². The molecule has 0 aromatic carbocycles. The van der Waals surface area contributed by atoms with Crippen molar-refractivity contribution in [3.8, 4) is 0 Å². The molecule has 1 unspecified atom stereocenters. The lowest BCUT2D eigenvalue weighted by Crippen LogP contribution is -2.46. The molecule has 0 radical (unpaired) electrons. The second-order valence-electron chi connectivity index (χ2n) is 5.59. The number of ether oxygens (including phenoxy) is 3. The highest BCUT2D eigenvalue weighted by Crippen LogP contribution is 2.32. The Bertz CT molecular complexity index is 717. The maximum atomic E-state index is 11.8. The van der Waals surface area contributed by atoms with E-state index in [-0.39, 0.29) is 11.5 Å². The van der Waals surface area contributed by atoms with Crippen LogP contribution in [0, 0.1) is 0 Å². The molecule has 1 saturated heterocycles. The molecule has 0 spiro atoms. The molecule has 25 heavy (non-hydrogen) atoms. The number of hydrogen-bond donors (Lipinski definition) is 2. The van der Waals surface area contributed by atoms with E-state index < -0.39 is 42.6 Å². The number of carbonyl (C=O) groups excluding carboxylic acids is 2. The van der Waals surface area contributed by atoms with E-state index in [0.29, 0.717) is 0 Å². The van der Waals surface area contributed by atoms with E-state index in [4.69, 9.17) is 23.0 Å². The molecular formula is C16H16O9. The molecule has 0 amide bonds. The van der Waals surface area contributed by atoms with Crippen molar-refractivity contribution in [3.63, 3.8) is 0 Å². The van der Waals surface area contributed by atoms with E-state index in [1.54, 1.807) is 6.07 Å². The fourth-order valence-corrected chi connectivity index (χ4v) is 2.40. The molecule has 9 heteroatoms. The Balaban J connectivity index is 1.68. The van der Waals surface area contributed by atoms with Gasteiger partial charge in [-0.3, -0.25) is 0 Å². The molecule has 1 aliphatic rings. The predicted octanol–water partition coefficient (Wildman–Crippen LogP) is 0.782. The number of rotatable bonds is 6. The van der Waals surface area contributed by atoms with Crippen LogP contribution < -0.4 is 0 Å². The van der Waals surface area contributed by atoms with E-state index in [1.165, 1.54) is 37.6 Å². The van der Waals surface area contributed by atoms with Crippen LogP contribution in [0.15, 0.2) is 45.6 Å². The van der Waals surface area contributed by atoms with Crippen LogP contribution in [0.5, 0.6) is 0 Å². The Kier molecular flexibility index (Phi) is 4.62. The summed E-state index contributed by atoms with van der Waals surface area (Å²) >= 11 is 0. The maximum absolute atomic E-state index is 11.8. The normalized spacial score (nSPS) is 27.1. The second-order valence-corrected chi connectivity index (χ2v) is 5.59. The Morgan fingerprint density at radius 3 is 2.68 bits per heavy atom. The van der Waals surface area contributed by atoms with Crippen LogP contribution in [0.4, 0.5) is 0 Å². The highest BCUT2D eigenvalue weighted by atomic mass is 16.7. The van der Waals surface area contributed by atoms with Crippen LogP contribution in [0.1, 0.15) is 29.5 Å². The molecule has 2 aromatic heterocycles. The van der Waals surface area contributed by atoms with Gasteiger partial charge in [0.2, 0.25) is 12.1 Å². The summed E-state index contributed by atoms with van der Waals surface area (Å²) in [5.74, 6) is -1.66. The first-order chi connectivity index (χ1) is 11.9. The van der Waals surface area contributed by atoms with Crippen molar-refractivity contribution in [2.45, 2.75) is 31.0 Å². The van der Waals surface area contributed by atoms with Gasteiger partial charge in [0.15, 0.2) is 17.5 Å². The van der Waals surface area contributed by atoms with Crippen LogP contribution in [-0.2, 0) is 19.0 Å². The molecule has 2 aromatic rings. The van der Waals surface area contributed by atoms with Crippen molar-refractivity contribution in [2.75, 3.05) is 6.61 Å². The van der Waals surface area contributed by atoms with Gasteiger partial charge in [0.25, 0.3) is 0 Å². The van der Waals surface area contributed by atoms with Crippen LogP contribution >= 0.6 is 0 Å². The molecule has 2 N–H and O–H groups in total. The minimum absolute atomic E-state index is 0.0239. The van der Waals surface area contributed by atoms with Gasteiger partial charge in [0.1, 0.15) is 12.7 Å². The number of aliphatic hydroxyl groups excluding tert-OH is 1. The van der Waals surface area contributed by atoms with Crippen molar-refractivity contribution < 1.29 is 42.8 Å². The summed E-state index contributed by atoms with van der Waals surface area (Å²) in [7, 11) is 0. The number of cyclic esters (lactones) is 1. The number of aliphatic hydroxyl groups is 2. The quantitative estimate of drug-likeness (QED) is 0.572. The maximum Gasteiger partial charge on any atom is 0.374 e. The predicted molar refractivity (Wildman–Crippen MR) is 78.0 cm³/mol. The Morgan fingerprint density at radius 1 is 1.32 bits per heavy atom. The van der Waals surface area contributed by atoms with E-state index in [9.17, 15) is 19.8 Å². The van der Waals surface area contributed by atoms with Gasteiger partial charge < -0.3 is 33.3 Å². The van der Waals surface area contributed by atoms with Gasteiger partial charge in [-0.05, 0) is 31.2 Å². The zero-order valence-corrected chi connectivity index (χ0v) is 13.2. The van der Waals surface area contributed by atoms with Gasteiger partial charge in [0.05, 0.1) is 12.5 Å². The highest BCUT2D eigenvalue weighted by Gasteiger charge is 2.55. The summed E-state index contributed by atoms with van der Waals surface area (Å²) in [6.07, 6.45) is -1.30. The fraction of sp³-hybridized carbons (Fsp3) is 0.375. The third kappa shape index (κ3) is 3.43. The zero-order chi connectivity index (χ0) is 18.0. The Morgan fingerprint density at radius 2 is 2.04 bits per heavy atom. The van der Waals surface area contributed by atoms with Gasteiger partial charge in [-0.25, -0.2) is 9.59 Å². The molecule has 3 rings (SSSR count).